The van der Waals surface area contributed by atoms with Crippen LogP contribution in [0.5, 0.6) is 5.75 Å². The van der Waals surface area contributed by atoms with Gasteiger partial charge < -0.3 is 9.30 Å². The maximum Gasteiger partial charge on any atom is 0.176 e. The van der Waals surface area contributed by atoms with Crippen LogP contribution in [0.25, 0.3) is 22.3 Å². The predicted molar refractivity (Wildman–Crippen MR) is 69.3 cm³/mol. The summed E-state index contributed by atoms with van der Waals surface area (Å²) >= 11 is 0. The van der Waals surface area contributed by atoms with E-state index in [-0.39, 0.29) is 0 Å². The van der Waals surface area contributed by atoms with Gasteiger partial charge in [0.15, 0.2) is 5.75 Å². The summed E-state index contributed by atoms with van der Waals surface area (Å²) in [7, 11) is 1.48. The van der Waals surface area contributed by atoms with Crippen molar-refractivity contribution in [3.63, 3.8) is 0 Å². The second-order valence-corrected chi connectivity index (χ2v) is 3.89. The number of hydrogen-bond acceptors (Lipinski definition) is 3. The topological polar surface area (TPSA) is 31.6 Å². The van der Waals surface area contributed by atoms with Gasteiger partial charge in [-0.05, 0) is 24.3 Å². The van der Waals surface area contributed by atoms with Gasteiger partial charge in [0, 0.05) is 5.39 Å². The second kappa shape index (κ2) is 4.55. The molecule has 0 fully saturated rings. The standard InChI is InChI=1S/C15H12O3/c1-16-18-14-9-5-3-7-12(14)15-10-11-6-2-4-8-13(11)17-15/h2-10H,1H3. The van der Waals surface area contributed by atoms with Gasteiger partial charge in [-0.1, -0.05) is 30.3 Å². The molecule has 1 aromatic heterocycles. The van der Waals surface area contributed by atoms with E-state index in [2.05, 4.69) is 0 Å². The molecule has 1 heterocycles. The Balaban J connectivity index is 2.13. The van der Waals surface area contributed by atoms with E-state index in [0.717, 1.165) is 22.3 Å². The fourth-order valence-corrected chi connectivity index (χ4v) is 1.95. The lowest BCUT2D eigenvalue weighted by Gasteiger charge is -2.05. The first-order valence-electron chi connectivity index (χ1n) is 5.67. The minimum atomic E-state index is 0.638. The van der Waals surface area contributed by atoms with Crippen molar-refractivity contribution in [3.05, 3.63) is 54.6 Å². The molecule has 0 N–H and O–H groups in total. The highest BCUT2D eigenvalue weighted by molar-refractivity contribution is 5.83. The Morgan fingerprint density at radius 1 is 0.944 bits per heavy atom. The van der Waals surface area contributed by atoms with Gasteiger partial charge in [0.25, 0.3) is 0 Å². The van der Waals surface area contributed by atoms with Crippen LogP contribution < -0.4 is 4.89 Å². The number of fused-ring (bicyclic) bond motifs is 1. The van der Waals surface area contributed by atoms with E-state index in [1.807, 2.05) is 54.6 Å². The Hall–Kier alpha value is -2.26. The van der Waals surface area contributed by atoms with Crippen LogP contribution in [0.2, 0.25) is 0 Å². The monoisotopic (exact) mass is 240 g/mol. The molecule has 3 aromatic rings. The van der Waals surface area contributed by atoms with Crippen molar-refractivity contribution in [2.45, 2.75) is 0 Å². The molecule has 0 saturated heterocycles. The van der Waals surface area contributed by atoms with Gasteiger partial charge in [0.1, 0.15) is 11.3 Å². The molecule has 0 aliphatic heterocycles. The van der Waals surface area contributed by atoms with Crippen molar-refractivity contribution in [2.75, 3.05) is 7.11 Å². The van der Waals surface area contributed by atoms with Gasteiger partial charge in [-0.3, -0.25) is 0 Å². The Bertz CT molecular complexity index is 637. The Morgan fingerprint density at radius 3 is 2.56 bits per heavy atom. The summed E-state index contributed by atoms with van der Waals surface area (Å²) < 4.78 is 5.81. The van der Waals surface area contributed by atoms with Crippen molar-refractivity contribution in [1.82, 2.24) is 0 Å². The van der Waals surface area contributed by atoms with Crippen LogP contribution in [-0.2, 0) is 4.89 Å². The Kier molecular flexibility index (Phi) is 2.74. The predicted octanol–water partition coefficient (Wildman–Crippen LogP) is 4.04. The van der Waals surface area contributed by atoms with E-state index in [9.17, 15) is 0 Å². The van der Waals surface area contributed by atoms with Gasteiger partial charge in [0.2, 0.25) is 0 Å². The van der Waals surface area contributed by atoms with Crippen LogP contribution in [-0.4, -0.2) is 7.11 Å². The number of furan rings is 1. The molecule has 90 valence electrons. The van der Waals surface area contributed by atoms with Crippen LogP contribution in [0.3, 0.4) is 0 Å². The largest absolute Gasteiger partial charge is 0.456 e. The molecular weight excluding hydrogens is 228 g/mol. The highest BCUT2D eigenvalue weighted by atomic mass is 17.2. The molecule has 0 spiro atoms. The summed E-state index contributed by atoms with van der Waals surface area (Å²) in [6.45, 7) is 0. The van der Waals surface area contributed by atoms with E-state index < -0.39 is 0 Å². The van der Waals surface area contributed by atoms with E-state index in [1.165, 1.54) is 7.11 Å². The minimum Gasteiger partial charge on any atom is -0.456 e. The highest BCUT2D eigenvalue weighted by Crippen LogP contribution is 2.33. The molecule has 3 heteroatoms. The first-order chi connectivity index (χ1) is 8.88. The zero-order chi connectivity index (χ0) is 12.4. The summed E-state index contributed by atoms with van der Waals surface area (Å²) in [6, 6.07) is 17.5. The summed E-state index contributed by atoms with van der Waals surface area (Å²) in [4.78, 5) is 9.85. The third-order valence-electron chi connectivity index (χ3n) is 2.75. The number of rotatable bonds is 3. The smallest absolute Gasteiger partial charge is 0.176 e. The molecule has 3 nitrogen and oxygen atoms in total. The van der Waals surface area contributed by atoms with Crippen molar-refractivity contribution in [3.8, 4) is 17.1 Å². The summed E-state index contributed by atoms with van der Waals surface area (Å²) in [5.41, 5.74) is 1.73. The molecule has 0 atom stereocenters. The molecule has 3 rings (SSSR count). The molecule has 0 bridgehead atoms. The Morgan fingerprint density at radius 2 is 1.72 bits per heavy atom. The molecular formula is C15H12O3. The highest BCUT2D eigenvalue weighted by Gasteiger charge is 2.11. The van der Waals surface area contributed by atoms with Crippen LogP contribution in [0.4, 0.5) is 0 Å². The fourth-order valence-electron chi connectivity index (χ4n) is 1.95. The first kappa shape index (κ1) is 10.9. The van der Waals surface area contributed by atoms with Gasteiger partial charge in [-0.25, -0.2) is 0 Å². The number of para-hydroxylation sites is 2. The quantitative estimate of drug-likeness (QED) is 0.511. The molecule has 2 aromatic carbocycles. The van der Waals surface area contributed by atoms with Crippen molar-refractivity contribution >= 4 is 11.0 Å². The summed E-state index contributed by atoms with van der Waals surface area (Å²) in [5.74, 6) is 1.41. The van der Waals surface area contributed by atoms with Gasteiger partial charge >= 0.3 is 0 Å². The van der Waals surface area contributed by atoms with Gasteiger partial charge in [-0.2, -0.15) is 4.89 Å². The van der Waals surface area contributed by atoms with Crippen molar-refractivity contribution in [1.29, 1.82) is 0 Å². The number of hydrogen-bond donors (Lipinski definition) is 0. The average Bonchev–Trinajstić information content (AvgIpc) is 2.83. The lowest BCUT2D eigenvalue weighted by atomic mass is 10.1. The van der Waals surface area contributed by atoms with Crippen molar-refractivity contribution in [2.24, 2.45) is 0 Å². The minimum absolute atomic E-state index is 0.638. The molecule has 0 radical (unpaired) electrons. The average molecular weight is 240 g/mol. The van der Waals surface area contributed by atoms with E-state index in [4.69, 9.17) is 14.2 Å². The SMILES string of the molecule is COOc1ccccc1-c1cc2ccccc2o1. The lowest BCUT2D eigenvalue weighted by molar-refractivity contribution is -0.177. The Labute approximate surface area is 104 Å². The third-order valence-corrected chi connectivity index (χ3v) is 2.75. The molecule has 0 amide bonds. The zero-order valence-electron chi connectivity index (χ0n) is 9.92. The molecule has 0 aliphatic rings. The number of benzene rings is 2. The summed E-state index contributed by atoms with van der Waals surface area (Å²) in [5, 5.41) is 1.07. The normalized spacial score (nSPS) is 10.7. The van der Waals surface area contributed by atoms with Gasteiger partial charge in [-0.15, -0.1) is 0 Å². The third kappa shape index (κ3) is 1.85. The fraction of sp³-hybridized carbons (Fsp3) is 0.0667. The van der Waals surface area contributed by atoms with Crippen LogP contribution in [0.15, 0.2) is 59.0 Å². The maximum atomic E-state index is 5.81. The lowest BCUT2D eigenvalue weighted by Crippen LogP contribution is -1.92. The molecule has 18 heavy (non-hydrogen) atoms. The second-order valence-electron chi connectivity index (χ2n) is 3.89. The van der Waals surface area contributed by atoms with E-state index in [0.29, 0.717) is 5.75 Å². The zero-order valence-corrected chi connectivity index (χ0v) is 9.92. The maximum absolute atomic E-state index is 5.81. The molecule has 0 unspecified atom stereocenters. The van der Waals surface area contributed by atoms with Crippen LogP contribution >= 0.6 is 0 Å². The van der Waals surface area contributed by atoms with Crippen LogP contribution in [0.1, 0.15) is 0 Å². The first-order valence-corrected chi connectivity index (χ1v) is 5.67. The van der Waals surface area contributed by atoms with Crippen LogP contribution in [0, 0.1) is 0 Å². The molecule has 0 saturated carbocycles. The van der Waals surface area contributed by atoms with Gasteiger partial charge in [0.05, 0.1) is 12.7 Å². The summed E-state index contributed by atoms with van der Waals surface area (Å²) in [6.07, 6.45) is 0. The molecule has 0 aliphatic carbocycles. The van der Waals surface area contributed by atoms with E-state index in [1.54, 1.807) is 0 Å². The van der Waals surface area contributed by atoms with Crippen molar-refractivity contribution < 1.29 is 14.2 Å². The van der Waals surface area contributed by atoms with E-state index >= 15 is 0 Å².